The fourth-order valence-electron chi connectivity index (χ4n) is 2.26. The first-order valence-electron chi connectivity index (χ1n) is 7.37. The summed E-state index contributed by atoms with van der Waals surface area (Å²) in [6, 6.07) is 4.30. The molecule has 1 aliphatic rings. The summed E-state index contributed by atoms with van der Waals surface area (Å²) in [5, 5.41) is 8.79. The van der Waals surface area contributed by atoms with E-state index in [2.05, 4.69) is 18.8 Å². The second-order valence-electron chi connectivity index (χ2n) is 5.23. The zero-order chi connectivity index (χ0) is 15.2. The number of hydrogen-bond donors (Lipinski definition) is 1. The van der Waals surface area contributed by atoms with Gasteiger partial charge in [-0.25, -0.2) is 4.39 Å². The van der Waals surface area contributed by atoms with E-state index in [1.165, 1.54) is 18.2 Å². The van der Waals surface area contributed by atoms with Crippen molar-refractivity contribution in [3.05, 3.63) is 35.1 Å². The number of halogens is 1. The third-order valence-electron chi connectivity index (χ3n) is 3.52. The van der Waals surface area contributed by atoms with Crippen LogP contribution in [0.15, 0.2) is 18.2 Å². The molecule has 0 saturated heterocycles. The number of carbonyl (C=O) groups excluding carboxylic acids is 1. The summed E-state index contributed by atoms with van der Waals surface area (Å²) in [6.45, 7) is 2.49. The van der Waals surface area contributed by atoms with Gasteiger partial charge in [0.2, 0.25) is 0 Å². The van der Waals surface area contributed by atoms with Gasteiger partial charge in [-0.3, -0.25) is 4.79 Å². The Bertz CT molecular complexity index is 570. The Morgan fingerprint density at radius 3 is 2.86 bits per heavy atom. The van der Waals surface area contributed by atoms with Gasteiger partial charge in [-0.15, -0.1) is 0 Å². The Morgan fingerprint density at radius 1 is 1.48 bits per heavy atom. The summed E-state index contributed by atoms with van der Waals surface area (Å²) >= 11 is 0. The van der Waals surface area contributed by atoms with Crippen LogP contribution in [0.4, 0.5) is 4.39 Å². The number of hydrogen-bond acceptors (Lipinski definition) is 2. The van der Waals surface area contributed by atoms with Gasteiger partial charge in [-0.2, -0.15) is 0 Å². The minimum absolute atomic E-state index is 0.160. The fourth-order valence-corrected chi connectivity index (χ4v) is 2.26. The molecule has 0 heterocycles. The molecule has 1 saturated carbocycles. The topological polar surface area (TPSA) is 40.5 Å². The number of nitrogens with zero attached hydrogens (tertiary/aromatic N) is 1. The number of benzene rings is 1. The van der Waals surface area contributed by atoms with Gasteiger partial charge in [0.05, 0.1) is 5.56 Å². The molecule has 21 heavy (non-hydrogen) atoms. The maximum absolute atomic E-state index is 13.5. The predicted octanol–water partition coefficient (Wildman–Crippen LogP) is 2.57. The van der Waals surface area contributed by atoms with Crippen LogP contribution >= 0.6 is 0 Å². The zero-order valence-corrected chi connectivity index (χ0v) is 12.2. The van der Waals surface area contributed by atoms with E-state index in [0.717, 1.165) is 25.7 Å². The first-order chi connectivity index (χ1) is 10.2. The minimum Gasteiger partial charge on any atom is -0.384 e. The smallest absolute Gasteiger partial charge is 0.255 e. The van der Waals surface area contributed by atoms with Crippen LogP contribution in [0.1, 0.15) is 48.5 Å². The summed E-state index contributed by atoms with van der Waals surface area (Å²) in [4.78, 5) is 14.5. The molecular weight excluding hydrogens is 269 g/mol. The second-order valence-corrected chi connectivity index (χ2v) is 5.23. The average molecular weight is 289 g/mol. The highest BCUT2D eigenvalue weighted by Crippen LogP contribution is 2.29. The van der Waals surface area contributed by atoms with Crippen LogP contribution < -0.4 is 0 Å². The van der Waals surface area contributed by atoms with Gasteiger partial charge in [0.25, 0.3) is 5.91 Å². The first kappa shape index (κ1) is 15.5. The number of unbranched alkanes of at least 4 members (excludes halogenated alkanes) is 1. The van der Waals surface area contributed by atoms with Crippen LogP contribution in [0.2, 0.25) is 0 Å². The van der Waals surface area contributed by atoms with Crippen LogP contribution in [-0.4, -0.2) is 35.1 Å². The van der Waals surface area contributed by atoms with Crippen molar-refractivity contribution in [1.82, 2.24) is 4.90 Å². The third-order valence-corrected chi connectivity index (χ3v) is 3.52. The van der Waals surface area contributed by atoms with Crippen molar-refractivity contribution in [3.63, 3.8) is 0 Å². The molecule has 0 aromatic heterocycles. The molecule has 1 amide bonds. The van der Waals surface area contributed by atoms with E-state index >= 15 is 0 Å². The Kier molecular flexibility index (Phi) is 5.35. The van der Waals surface area contributed by atoms with Crippen LogP contribution in [0.3, 0.4) is 0 Å². The standard InChI is InChI=1S/C17H20FNO2/c1-2-3-10-19(15-8-9-15)17(21)16-12-14(18)7-6-13(16)5-4-11-20/h6-7,12,15,20H,2-3,8-11H2,1H3. The minimum atomic E-state index is -0.445. The Hall–Kier alpha value is -1.86. The quantitative estimate of drug-likeness (QED) is 0.846. The molecular formula is C17H20FNO2. The predicted molar refractivity (Wildman–Crippen MR) is 79.3 cm³/mol. The van der Waals surface area contributed by atoms with E-state index in [1.54, 1.807) is 0 Å². The van der Waals surface area contributed by atoms with Gasteiger partial charge in [-0.05, 0) is 37.5 Å². The van der Waals surface area contributed by atoms with Crippen LogP contribution in [0.25, 0.3) is 0 Å². The summed E-state index contributed by atoms with van der Waals surface area (Å²) in [5.74, 6) is 4.64. The molecule has 1 N–H and O–H groups in total. The Labute approximate surface area is 124 Å². The van der Waals surface area contributed by atoms with Crippen LogP contribution in [0, 0.1) is 17.7 Å². The van der Waals surface area contributed by atoms with E-state index < -0.39 is 5.82 Å². The van der Waals surface area contributed by atoms with Gasteiger partial charge < -0.3 is 10.0 Å². The third kappa shape index (κ3) is 4.05. The monoisotopic (exact) mass is 289 g/mol. The highest BCUT2D eigenvalue weighted by Gasteiger charge is 2.33. The van der Waals surface area contributed by atoms with Crippen molar-refractivity contribution in [2.24, 2.45) is 0 Å². The molecule has 112 valence electrons. The summed E-state index contributed by atoms with van der Waals surface area (Å²) in [5.41, 5.74) is 0.761. The van der Waals surface area contributed by atoms with E-state index in [-0.39, 0.29) is 18.6 Å². The lowest BCUT2D eigenvalue weighted by Gasteiger charge is -2.23. The molecule has 1 aromatic rings. The van der Waals surface area contributed by atoms with Crippen LogP contribution in [-0.2, 0) is 0 Å². The molecule has 3 nitrogen and oxygen atoms in total. The number of rotatable bonds is 5. The lowest BCUT2D eigenvalue weighted by molar-refractivity contribution is 0.0740. The molecule has 4 heteroatoms. The molecule has 0 spiro atoms. The first-order valence-corrected chi connectivity index (χ1v) is 7.37. The van der Waals surface area contributed by atoms with Gasteiger partial charge >= 0.3 is 0 Å². The molecule has 0 radical (unpaired) electrons. The normalized spacial score (nSPS) is 13.5. The van der Waals surface area contributed by atoms with Gasteiger partial charge in [0.15, 0.2) is 0 Å². The molecule has 1 aromatic carbocycles. The SMILES string of the molecule is CCCCN(C(=O)c1cc(F)ccc1C#CCO)C1CC1. The zero-order valence-electron chi connectivity index (χ0n) is 12.2. The maximum Gasteiger partial charge on any atom is 0.255 e. The summed E-state index contributed by atoms with van der Waals surface area (Å²) in [6.07, 6.45) is 3.98. The fraction of sp³-hybridized carbons (Fsp3) is 0.471. The van der Waals surface area contributed by atoms with E-state index in [4.69, 9.17) is 5.11 Å². The Morgan fingerprint density at radius 2 is 2.24 bits per heavy atom. The summed E-state index contributed by atoms with van der Waals surface area (Å²) < 4.78 is 13.5. The van der Waals surface area contributed by atoms with Crippen molar-refractivity contribution in [2.45, 2.75) is 38.6 Å². The van der Waals surface area contributed by atoms with Crippen molar-refractivity contribution >= 4 is 5.91 Å². The van der Waals surface area contributed by atoms with Gasteiger partial charge in [0.1, 0.15) is 12.4 Å². The lowest BCUT2D eigenvalue weighted by atomic mass is 10.1. The van der Waals surface area contributed by atoms with Crippen molar-refractivity contribution in [1.29, 1.82) is 0 Å². The molecule has 1 fully saturated rings. The van der Waals surface area contributed by atoms with E-state index in [9.17, 15) is 9.18 Å². The number of aliphatic hydroxyl groups is 1. The molecule has 0 aliphatic heterocycles. The average Bonchev–Trinajstić information content (AvgIpc) is 3.31. The highest BCUT2D eigenvalue weighted by atomic mass is 19.1. The molecule has 0 atom stereocenters. The van der Waals surface area contributed by atoms with Crippen molar-refractivity contribution in [2.75, 3.05) is 13.2 Å². The van der Waals surface area contributed by atoms with Crippen molar-refractivity contribution in [3.8, 4) is 11.8 Å². The maximum atomic E-state index is 13.5. The van der Waals surface area contributed by atoms with Gasteiger partial charge in [0, 0.05) is 18.2 Å². The molecule has 0 bridgehead atoms. The van der Waals surface area contributed by atoms with Crippen molar-refractivity contribution < 1.29 is 14.3 Å². The number of carbonyl (C=O) groups is 1. The van der Waals surface area contributed by atoms with E-state index in [0.29, 0.717) is 17.7 Å². The summed E-state index contributed by atoms with van der Waals surface area (Å²) in [7, 11) is 0. The lowest BCUT2D eigenvalue weighted by Crippen LogP contribution is -2.34. The molecule has 2 rings (SSSR count). The molecule has 0 unspecified atom stereocenters. The highest BCUT2D eigenvalue weighted by molar-refractivity contribution is 5.97. The molecule has 1 aliphatic carbocycles. The second kappa shape index (κ2) is 7.24. The van der Waals surface area contributed by atoms with Gasteiger partial charge in [-0.1, -0.05) is 25.2 Å². The Balaban J connectivity index is 2.29. The number of amides is 1. The van der Waals surface area contributed by atoms with Crippen LogP contribution in [0.5, 0.6) is 0 Å². The number of aliphatic hydroxyl groups excluding tert-OH is 1. The van der Waals surface area contributed by atoms with E-state index in [1.807, 2.05) is 4.90 Å². The largest absolute Gasteiger partial charge is 0.384 e.